The molecule has 1 aliphatic rings. The standard InChI is InChI=1S/C27H33N3O2/c1-4-15-29-17-20(16-28-29)18-30(22-13-11-21(12-14-22)19(2)3)27(32)25-9-5-8-24-23(25)7-6-10-26(24)31/h6-7,10-14,16-17,19,25,31H,4-5,8-9,15,18H2,1-3H3. The van der Waals surface area contributed by atoms with Crippen LogP contribution >= 0.6 is 0 Å². The number of carbonyl (C=O) groups is 1. The summed E-state index contributed by atoms with van der Waals surface area (Å²) in [5.41, 5.74) is 5.06. The molecule has 168 valence electrons. The van der Waals surface area contributed by atoms with Gasteiger partial charge in [-0.05, 0) is 66.5 Å². The first-order valence-electron chi connectivity index (χ1n) is 11.7. The second kappa shape index (κ2) is 9.60. The van der Waals surface area contributed by atoms with Gasteiger partial charge in [0.25, 0.3) is 0 Å². The van der Waals surface area contributed by atoms with Gasteiger partial charge in [-0.3, -0.25) is 9.48 Å². The number of phenolic OH excluding ortho intramolecular Hbond substituents is 1. The van der Waals surface area contributed by atoms with Crippen LogP contribution in [0.3, 0.4) is 0 Å². The summed E-state index contributed by atoms with van der Waals surface area (Å²) >= 11 is 0. The van der Waals surface area contributed by atoms with Gasteiger partial charge in [0.05, 0.1) is 18.7 Å². The van der Waals surface area contributed by atoms with Crippen molar-refractivity contribution in [3.05, 3.63) is 77.1 Å². The van der Waals surface area contributed by atoms with Gasteiger partial charge in [-0.1, -0.05) is 45.0 Å². The molecule has 1 aliphatic carbocycles. The van der Waals surface area contributed by atoms with E-state index in [4.69, 9.17) is 0 Å². The Hall–Kier alpha value is -3.08. The fraction of sp³-hybridized carbons (Fsp3) is 0.407. The number of rotatable bonds is 7. The third-order valence-corrected chi connectivity index (χ3v) is 6.40. The summed E-state index contributed by atoms with van der Waals surface area (Å²) in [5, 5.41) is 14.8. The number of carbonyl (C=O) groups excluding carboxylic acids is 1. The zero-order valence-corrected chi connectivity index (χ0v) is 19.3. The molecule has 1 unspecified atom stereocenters. The Morgan fingerprint density at radius 2 is 2.00 bits per heavy atom. The van der Waals surface area contributed by atoms with Crippen molar-refractivity contribution in [2.75, 3.05) is 4.90 Å². The quantitative estimate of drug-likeness (QED) is 0.516. The third-order valence-electron chi connectivity index (χ3n) is 6.40. The highest BCUT2D eigenvalue weighted by Crippen LogP contribution is 2.38. The lowest BCUT2D eigenvalue weighted by Crippen LogP contribution is -2.36. The molecule has 0 aliphatic heterocycles. The molecular weight excluding hydrogens is 398 g/mol. The van der Waals surface area contributed by atoms with Crippen LogP contribution in [0.5, 0.6) is 5.75 Å². The number of aryl methyl sites for hydroxylation is 1. The van der Waals surface area contributed by atoms with E-state index in [2.05, 4.69) is 50.1 Å². The van der Waals surface area contributed by atoms with E-state index in [1.54, 1.807) is 6.07 Å². The molecule has 5 nitrogen and oxygen atoms in total. The molecule has 0 saturated heterocycles. The van der Waals surface area contributed by atoms with Crippen molar-refractivity contribution in [3.63, 3.8) is 0 Å². The van der Waals surface area contributed by atoms with Crippen LogP contribution in [0.15, 0.2) is 54.9 Å². The Morgan fingerprint density at radius 3 is 2.72 bits per heavy atom. The van der Waals surface area contributed by atoms with Crippen LogP contribution in [0.1, 0.15) is 74.1 Å². The first-order chi connectivity index (χ1) is 15.5. The number of amides is 1. The van der Waals surface area contributed by atoms with Crippen LogP contribution in [-0.4, -0.2) is 20.8 Å². The molecule has 0 bridgehead atoms. The summed E-state index contributed by atoms with van der Waals surface area (Å²) in [6.07, 6.45) is 7.42. The lowest BCUT2D eigenvalue weighted by molar-refractivity contribution is -0.120. The topological polar surface area (TPSA) is 58.4 Å². The molecule has 0 spiro atoms. The number of aromatic nitrogens is 2. The highest BCUT2D eigenvalue weighted by atomic mass is 16.3. The molecule has 2 aromatic carbocycles. The number of phenols is 1. The number of benzene rings is 2. The van der Waals surface area contributed by atoms with Crippen molar-refractivity contribution in [2.24, 2.45) is 0 Å². The molecule has 0 saturated carbocycles. The van der Waals surface area contributed by atoms with E-state index in [9.17, 15) is 9.90 Å². The Bertz CT molecular complexity index is 1070. The van der Waals surface area contributed by atoms with Crippen LogP contribution in [0.25, 0.3) is 0 Å². The highest BCUT2D eigenvalue weighted by Gasteiger charge is 2.32. The van der Waals surface area contributed by atoms with Gasteiger partial charge in [0.1, 0.15) is 5.75 Å². The molecule has 1 amide bonds. The van der Waals surface area contributed by atoms with Crippen LogP contribution < -0.4 is 4.90 Å². The van der Waals surface area contributed by atoms with Crippen LogP contribution in [-0.2, 0) is 24.3 Å². The minimum Gasteiger partial charge on any atom is -0.508 e. The molecule has 3 aromatic rings. The third kappa shape index (κ3) is 4.57. The predicted octanol–water partition coefficient (Wildman–Crippen LogP) is 5.78. The Kier molecular flexibility index (Phi) is 6.63. The average molecular weight is 432 g/mol. The molecule has 0 radical (unpaired) electrons. The van der Waals surface area contributed by atoms with E-state index in [-0.39, 0.29) is 11.8 Å². The van der Waals surface area contributed by atoms with Crippen LogP contribution in [0.4, 0.5) is 5.69 Å². The highest BCUT2D eigenvalue weighted by molar-refractivity contribution is 5.98. The Morgan fingerprint density at radius 1 is 1.22 bits per heavy atom. The van der Waals surface area contributed by atoms with Crippen LogP contribution in [0, 0.1) is 0 Å². The van der Waals surface area contributed by atoms with E-state index >= 15 is 0 Å². The maximum absolute atomic E-state index is 13.9. The van der Waals surface area contributed by atoms with Crippen molar-refractivity contribution in [1.82, 2.24) is 9.78 Å². The Balaban J connectivity index is 1.68. The minimum atomic E-state index is -0.249. The van der Waals surface area contributed by atoms with E-state index < -0.39 is 0 Å². The molecule has 1 atom stereocenters. The zero-order chi connectivity index (χ0) is 22.7. The Labute approximate surface area is 190 Å². The number of anilines is 1. The van der Waals surface area contributed by atoms with E-state index in [0.717, 1.165) is 54.6 Å². The monoisotopic (exact) mass is 431 g/mol. The average Bonchev–Trinajstić information content (AvgIpc) is 3.24. The molecular formula is C27H33N3O2. The molecule has 32 heavy (non-hydrogen) atoms. The second-order valence-corrected chi connectivity index (χ2v) is 9.07. The van der Waals surface area contributed by atoms with E-state index in [1.165, 1.54) is 5.56 Å². The summed E-state index contributed by atoms with van der Waals surface area (Å²) in [7, 11) is 0. The fourth-order valence-electron chi connectivity index (χ4n) is 4.63. The van der Waals surface area contributed by atoms with Gasteiger partial charge < -0.3 is 10.0 Å². The summed E-state index contributed by atoms with van der Waals surface area (Å²) in [4.78, 5) is 15.8. The number of nitrogens with zero attached hydrogens (tertiary/aromatic N) is 3. The van der Waals surface area contributed by atoms with Gasteiger partial charge in [-0.25, -0.2) is 0 Å². The molecule has 1 aromatic heterocycles. The number of aromatic hydroxyl groups is 1. The normalized spacial score (nSPS) is 15.6. The van der Waals surface area contributed by atoms with Gasteiger partial charge >= 0.3 is 0 Å². The first-order valence-corrected chi connectivity index (χ1v) is 11.7. The molecule has 1 N–H and O–H groups in total. The summed E-state index contributed by atoms with van der Waals surface area (Å²) in [5.74, 6) is 0.570. The largest absolute Gasteiger partial charge is 0.508 e. The predicted molar refractivity (Wildman–Crippen MR) is 128 cm³/mol. The number of fused-ring (bicyclic) bond motifs is 1. The smallest absolute Gasteiger partial charge is 0.234 e. The maximum Gasteiger partial charge on any atom is 0.234 e. The second-order valence-electron chi connectivity index (χ2n) is 9.07. The van der Waals surface area contributed by atoms with Gasteiger partial charge in [-0.2, -0.15) is 5.10 Å². The van der Waals surface area contributed by atoms with E-state index in [0.29, 0.717) is 18.2 Å². The van der Waals surface area contributed by atoms with Crippen molar-refractivity contribution >= 4 is 11.6 Å². The molecule has 5 heteroatoms. The van der Waals surface area contributed by atoms with Crippen LogP contribution in [0.2, 0.25) is 0 Å². The molecule has 4 rings (SSSR count). The van der Waals surface area contributed by atoms with E-state index in [1.807, 2.05) is 34.1 Å². The lowest BCUT2D eigenvalue weighted by atomic mass is 9.81. The first kappa shape index (κ1) is 22.1. The summed E-state index contributed by atoms with van der Waals surface area (Å²) in [6.45, 7) is 7.82. The number of hydrogen-bond donors (Lipinski definition) is 1. The maximum atomic E-state index is 13.9. The lowest BCUT2D eigenvalue weighted by Gasteiger charge is -2.31. The zero-order valence-electron chi connectivity index (χ0n) is 19.3. The fourth-order valence-corrected chi connectivity index (χ4v) is 4.63. The summed E-state index contributed by atoms with van der Waals surface area (Å²) in [6, 6.07) is 13.9. The van der Waals surface area contributed by atoms with Gasteiger partial charge in [0, 0.05) is 24.0 Å². The number of hydrogen-bond acceptors (Lipinski definition) is 3. The van der Waals surface area contributed by atoms with Gasteiger partial charge in [-0.15, -0.1) is 0 Å². The SMILES string of the molecule is CCCn1cc(CN(C(=O)C2CCCc3c(O)cccc32)c2ccc(C(C)C)cc2)cn1. The van der Waals surface area contributed by atoms with Crippen molar-refractivity contribution in [2.45, 2.75) is 71.4 Å². The van der Waals surface area contributed by atoms with Gasteiger partial charge in [0.2, 0.25) is 5.91 Å². The van der Waals surface area contributed by atoms with Crippen molar-refractivity contribution in [3.8, 4) is 5.75 Å². The van der Waals surface area contributed by atoms with Crippen molar-refractivity contribution in [1.29, 1.82) is 0 Å². The molecule has 1 heterocycles. The summed E-state index contributed by atoms with van der Waals surface area (Å²) < 4.78 is 1.94. The van der Waals surface area contributed by atoms with Crippen molar-refractivity contribution < 1.29 is 9.90 Å². The van der Waals surface area contributed by atoms with Gasteiger partial charge in [0.15, 0.2) is 0 Å². The minimum absolute atomic E-state index is 0.0806. The molecule has 0 fully saturated rings.